The number of anilines is 1. The molecule has 0 saturated carbocycles. The highest BCUT2D eigenvalue weighted by Gasteiger charge is 2.14. The van der Waals surface area contributed by atoms with Gasteiger partial charge in [0.2, 0.25) is 0 Å². The third-order valence-corrected chi connectivity index (χ3v) is 2.98. The molecule has 0 saturated heterocycles. The minimum absolute atomic E-state index is 0.0333. The van der Waals surface area contributed by atoms with Crippen molar-refractivity contribution < 1.29 is 4.92 Å². The normalized spacial score (nSPS) is 10.5. The zero-order valence-electron chi connectivity index (χ0n) is 10.6. The molecule has 1 N–H and O–H groups in total. The van der Waals surface area contributed by atoms with E-state index in [0.29, 0.717) is 17.3 Å². The molecule has 0 aliphatic heterocycles. The molecule has 1 aromatic heterocycles. The summed E-state index contributed by atoms with van der Waals surface area (Å²) in [5.41, 5.74) is 2.30. The van der Waals surface area contributed by atoms with Gasteiger partial charge in [-0.1, -0.05) is 11.6 Å². The molecule has 0 aliphatic carbocycles. The Labute approximate surface area is 115 Å². The van der Waals surface area contributed by atoms with Crippen LogP contribution in [0.25, 0.3) is 0 Å². The number of rotatable bonds is 4. The van der Waals surface area contributed by atoms with E-state index in [9.17, 15) is 10.1 Å². The predicted molar refractivity (Wildman–Crippen MR) is 73.4 cm³/mol. The molecular weight excluding hydrogens is 268 g/mol. The van der Waals surface area contributed by atoms with Crippen molar-refractivity contribution >= 4 is 23.0 Å². The van der Waals surface area contributed by atoms with Crippen LogP contribution in [0.4, 0.5) is 11.4 Å². The van der Waals surface area contributed by atoms with Gasteiger partial charge in [0, 0.05) is 36.4 Å². The number of hydrogen-bond donors (Lipinski definition) is 1. The molecule has 0 spiro atoms. The van der Waals surface area contributed by atoms with Gasteiger partial charge in [0.25, 0.3) is 5.69 Å². The molecule has 0 unspecified atom stereocenters. The number of aryl methyl sites for hydroxylation is 2. The van der Waals surface area contributed by atoms with E-state index in [0.717, 1.165) is 11.3 Å². The summed E-state index contributed by atoms with van der Waals surface area (Å²) in [6, 6.07) is 4.55. The third-order valence-electron chi connectivity index (χ3n) is 2.74. The van der Waals surface area contributed by atoms with Crippen molar-refractivity contribution in [2.75, 3.05) is 5.32 Å². The van der Waals surface area contributed by atoms with Gasteiger partial charge in [0.15, 0.2) is 0 Å². The van der Waals surface area contributed by atoms with E-state index in [2.05, 4.69) is 10.4 Å². The van der Waals surface area contributed by atoms with Gasteiger partial charge in [-0.15, -0.1) is 0 Å². The Morgan fingerprint density at radius 2 is 2.26 bits per heavy atom. The van der Waals surface area contributed by atoms with Gasteiger partial charge < -0.3 is 5.32 Å². The minimum atomic E-state index is -0.454. The first-order chi connectivity index (χ1) is 8.97. The standard InChI is InChI=1S/C12H13ClN4O2/c1-8-9(7-16(2)15-8)6-14-11-4-3-10(13)5-12(11)17(18)19/h3-5,7,14H,6H2,1-2H3. The van der Waals surface area contributed by atoms with Crippen LogP contribution in [0.1, 0.15) is 11.3 Å². The molecule has 0 amide bonds. The molecule has 100 valence electrons. The molecule has 19 heavy (non-hydrogen) atoms. The summed E-state index contributed by atoms with van der Waals surface area (Å²) >= 11 is 5.76. The Kier molecular flexibility index (Phi) is 3.71. The van der Waals surface area contributed by atoms with E-state index >= 15 is 0 Å². The van der Waals surface area contributed by atoms with Crippen LogP contribution in [-0.2, 0) is 13.6 Å². The maximum atomic E-state index is 10.9. The summed E-state index contributed by atoms with van der Waals surface area (Å²) in [6.45, 7) is 2.37. The van der Waals surface area contributed by atoms with Gasteiger partial charge >= 0.3 is 0 Å². The minimum Gasteiger partial charge on any atom is -0.375 e. The van der Waals surface area contributed by atoms with Gasteiger partial charge in [0.05, 0.1) is 10.6 Å². The first-order valence-electron chi connectivity index (χ1n) is 5.64. The van der Waals surface area contributed by atoms with Crippen molar-refractivity contribution in [3.05, 3.63) is 50.8 Å². The summed E-state index contributed by atoms with van der Waals surface area (Å²) in [7, 11) is 1.83. The fraction of sp³-hybridized carbons (Fsp3) is 0.250. The molecule has 0 atom stereocenters. The average Bonchev–Trinajstić information content (AvgIpc) is 2.66. The van der Waals surface area contributed by atoms with Crippen molar-refractivity contribution in [1.29, 1.82) is 0 Å². The fourth-order valence-corrected chi connectivity index (χ4v) is 1.98. The van der Waals surface area contributed by atoms with Gasteiger partial charge in [-0.3, -0.25) is 14.8 Å². The lowest BCUT2D eigenvalue weighted by Gasteiger charge is -2.06. The molecule has 0 fully saturated rings. The van der Waals surface area contributed by atoms with Crippen LogP contribution >= 0.6 is 11.6 Å². The second-order valence-electron chi connectivity index (χ2n) is 4.19. The molecule has 0 radical (unpaired) electrons. The summed E-state index contributed by atoms with van der Waals surface area (Å²) < 4.78 is 1.71. The second kappa shape index (κ2) is 5.27. The van der Waals surface area contributed by atoms with Crippen molar-refractivity contribution in [2.45, 2.75) is 13.5 Å². The highest BCUT2D eigenvalue weighted by molar-refractivity contribution is 6.30. The van der Waals surface area contributed by atoms with E-state index in [1.807, 2.05) is 20.2 Å². The highest BCUT2D eigenvalue weighted by atomic mass is 35.5. The molecule has 1 aromatic carbocycles. The lowest BCUT2D eigenvalue weighted by Crippen LogP contribution is -2.03. The van der Waals surface area contributed by atoms with Crippen LogP contribution in [0.15, 0.2) is 24.4 Å². The Morgan fingerprint density at radius 3 is 2.84 bits per heavy atom. The van der Waals surface area contributed by atoms with E-state index in [1.165, 1.54) is 6.07 Å². The molecule has 0 aliphatic rings. The smallest absolute Gasteiger partial charge is 0.293 e. The molecule has 2 rings (SSSR count). The van der Waals surface area contributed by atoms with E-state index in [-0.39, 0.29) is 5.69 Å². The zero-order chi connectivity index (χ0) is 14.0. The third kappa shape index (κ3) is 3.03. The van der Waals surface area contributed by atoms with Crippen LogP contribution < -0.4 is 5.32 Å². The summed E-state index contributed by atoms with van der Waals surface area (Å²) in [4.78, 5) is 10.5. The van der Waals surface area contributed by atoms with Crippen molar-refractivity contribution in [2.24, 2.45) is 7.05 Å². The molecule has 7 heteroatoms. The van der Waals surface area contributed by atoms with Crippen LogP contribution in [0, 0.1) is 17.0 Å². The van der Waals surface area contributed by atoms with Gasteiger partial charge in [-0.2, -0.15) is 5.10 Å². The molecule has 2 aromatic rings. The number of benzene rings is 1. The maximum Gasteiger partial charge on any atom is 0.293 e. The van der Waals surface area contributed by atoms with Gasteiger partial charge in [0.1, 0.15) is 5.69 Å². The number of nitrogens with zero attached hydrogens (tertiary/aromatic N) is 3. The Balaban J connectivity index is 2.20. The molecule has 1 heterocycles. The van der Waals surface area contributed by atoms with Crippen LogP contribution in [0.5, 0.6) is 0 Å². The monoisotopic (exact) mass is 280 g/mol. The number of hydrogen-bond acceptors (Lipinski definition) is 4. The molecular formula is C12H13ClN4O2. The quantitative estimate of drug-likeness (QED) is 0.690. The summed E-state index contributed by atoms with van der Waals surface area (Å²) in [6.07, 6.45) is 1.88. The van der Waals surface area contributed by atoms with E-state index < -0.39 is 4.92 Å². The summed E-state index contributed by atoms with van der Waals surface area (Å²) in [5.74, 6) is 0. The molecule has 0 bridgehead atoms. The molecule has 6 nitrogen and oxygen atoms in total. The Morgan fingerprint density at radius 1 is 1.53 bits per heavy atom. The predicted octanol–water partition coefficient (Wildman–Crippen LogP) is 2.90. The SMILES string of the molecule is Cc1nn(C)cc1CNc1ccc(Cl)cc1[N+](=O)[O-]. The van der Waals surface area contributed by atoms with Crippen LogP contribution in [0.2, 0.25) is 5.02 Å². The Bertz CT molecular complexity index is 624. The number of nitrogens with one attached hydrogen (secondary N) is 1. The fourth-order valence-electron chi connectivity index (χ4n) is 1.82. The second-order valence-corrected chi connectivity index (χ2v) is 4.62. The summed E-state index contributed by atoms with van der Waals surface area (Å²) in [5, 5.41) is 18.5. The number of aromatic nitrogens is 2. The first kappa shape index (κ1) is 13.4. The highest BCUT2D eigenvalue weighted by Crippen LogP contribution is 2.28. The number of nitro groups is 1. The lowest BCUT2D eigenvalue weighted by atomic mass is 10.2. The Hall–Kier alpha value is -2.08. The van der Waals surface area contributed by atoms with Crippen molar-refractivity contribution in [1.82, 2.24) is 9.78 Å². The van der Waals surface area contributed by atoms with Gasteiger partial charge in [-0.05, 0) is 19.1 Å². The largest absolute Gasteiger partial charge is 0.375 e. The first-order valence-corrected chi connectivity index (χ1v) is 6.02. The maximum absolute atomic E-state index is 10.9. The average molecular weight is 281 g/mol. The topological polar surface area (TPSA) is 73.0 Å². The van der Waals surface area contributed by atoms with Crippen molar-refractivity contribution in [3.8, 4) is 0 Å². The van der Waals surface area contributed by atoms with E-state index in [4.69, 9.17) is 11.6 Å². The number of halogens is 1. The van der Waals surface area contributed by atoms with Crippen LogP contribution in [0.3, 0.4) is 0 Å². The number of nitro benzene ring substituents is 1. The lowest BCUT2D eigenvalue weighted by molar-refractivity contribution is -0.383. The van der Waals surface area contributed by atoms with Crippen LogP contribution in [-0.4, -0.2) is 14.7 Å². The van der Waals surface area contributed by atoms with E-state index in [1.54, 1.807) is 16.8 Å². The van der Waals surface area contributed by atoms with Crippen molar-refractivity contribution in [3.63, 3.8) is 0 Å². The van der Waals surface area contributed by atoms with Gasteiger partial charge in [-0.25, -0.2) is 0 Å². The zero-order valence-corrected chi connectivity index (χ0v) is 11.3.